The molecule has 2 heterocycles. The number of nitrogens with zero attached hydrogens (tertiary/aromatic N) is 2. The number of amides is 1. The fraction of sp³-hybridized carbons (Fsp3) is 0.929. The zero-order chi connectivity index (χ0) is 13.2. The Morgan fingerprint density at radius 1 is 1.26 bits per heavy atom. The van der Waals surface area contributed by atoms with Crippen molar-refractivity contribution in [2.75, 3.05) is 32.7 Å². The van der Waals surface area contributed by atoms with Gasteiger partial charge in [-0.05, 0) is 51.1 Å². The summed E-state index contributed by atoms with van der Waals surface area (Å²) in [5, 5.41) is 0. The summed E-state index contributed by atoms with van der Waals surface area (Å²) in [6, 6.07) is 0.0245. The van der Waals surface area contributed by atoms with Crippen LogP contribution in [0, 0.1) is 5.41 Å². The van der Waals surface area contributed by atoms with E-state index < -0.39 is 0 Å². The summed E-state index contributed by atoms with van der Waals surface area (Å²) in [4.78, 5) is 16.8. The number of halogens is 1. The van der Waals surface area contributed by atoms with Crippen LogP contribution in [-0.4, -0.2) is 54.5 Å². The Hall–Kier alpha value is -0.320. The lowest BCUT2D eigenvalue weighted by atomic mass is 9.90. The van der Waals surface area contributed by atoms with E-state index in [9.17, 15) is 4.79 Å². The van der Waals surface area contributed by atoms with Crippen molar-refractivity contribution in [3.8, 4) is 0 Å². The smallest absolute Gasteiger partial charge is 0.239 e. The molecule has 0 aromatic rings. The predicted octanol–water partition coefficient (Wildman–Crippen LogP) is 1.48. The molecule has 5 heteroatoms. The maximum atomic E-state index is 12.4. The highest BCUT2D eigenvalue weighted by Gasteiger charge is 2.37. The van der Waals surface area contributed by atoms with E-state index in [0.717, 1.165) is 32.6 Å². The molecule has 19 heavy (non-hydrogen) atoms. The van der Waals surface area contributed by atoms with Gasteiger partial charge in [0.05, 0.1) is 6.04 Å². The molecule has 2 N–H and O–H groups in total. The predicted molar refractivity (Wildman–Crippen MR) is 80.5 cm³/mol. The molecule has 0 spiro atoms. The maximum absolute atomic E-state index is 12.4. The van der Waals surface area contributed by atoms with Crippen LogP contribution in [0.3, 0.4) is 0 Å². The Labute approximate surface area is 123 Å². The maximum Gasteiger partial charge on any atom is 0.239 e. The highest BCUT2D eigenvalue weighted by atomic mass is 35.5. The van der Waals surface area contributed by atoms with Crippen molar-refractivity contribution in [2.45, 2.75) is 45.6 Å². The Balaban J connectivity index is 0.00000180. The van der Waals surface area contributed by atoms with Gasteiger partial charge in [0.2, 0.25) is 5.91 Å². The van der Waals surface area contributed by atoms with Crippen LogP contribution >= 0.6 is 12.4 Å². The Morgan fingerprint density at radius 2 is 1.89 bits per heavy atom. The number of rotatable bonds is 3. The molecule has 0 radical (unpaired) electrons. The van der Waals surface area contributed by atoms with Crippen molar-refractivity contribution in [1.29, 1.82) is 0 Å². The van der Waals surface area contributed by atoms with Crippen LogP contribution in [-0.2, 0) is 4.79 Å². The van der Waals surface area contributed by atoms with Crippen LogP contribution < -0.4 is 5.73 Å². The molecule has 2 fully saturated rings. The Morgan fingerprint density at radius 3 is 2.42 bits per heavy atom. The highest BCUT2D eigenvalue weighted by molar-refractivity contribution is 5.85. The third-order valence-electron chi connectivity index (χ3n) is 4.65. The highest BCUT2D eigenvalue weighted by Crippen LogP contribution is 2.30. The van der Waals surface area contributed by atoms with Gasteiger partial charge in [0.1, 0.15) is 0 Å². The molecule has 0 bridgehead atoms. The van der Waals surface area contributed by atoms with Gasteiger partial charge >= 0.3 is 0 Å². The molecule has 0 saturated carbocycles. The lowest BCUT2D eigenvalue weighted by Crippen LogP contribution is -2.48. The molecular formula is C14H28ClN3O. The van der Waals surface area contributed by atoms with Gasteiger partial charge in [-0.2, -0.15) is 0 Å². The second kappa shape index (κ2) is 6.91. The van der Waals surface area contributed by atoms with Gasteiger partial charge in [0.25, 0.3) is 0 Å². The number of hydrogen-bond acceptors (Lipinski definition) is 3. The van der Waals surface area contributed by atoms with Crippen LogP contribution in [0.5, 0.6) is 0 Å². The summed E-state index contributed by atoms with van der Waals surface area (Å²) < 4.78 is 0. The minimum absolute atomic E-state index is 0. The molecule has 0 aromatic heterocycles. The van der Waals surface area contributed by atoms with Gasteiger partial charge in [-0.25, -0.2) is 0 Å². The number of carbonyl (C=O) groups excluding carboxylic acids is 1. The van der Waals surface area contributed by atoms with Crippen molar-refractivity contribution in [2.24, 2.45) is 11.1 Å². The molecule has 4 nitrogen and oxygen atoms in total. The number of nitrogens with two attached hydrogens (primary N) is 1. The zero-order valence-electron chi connectivity index (χ0n) is 12.2. The monoisotopic (exact) mass is 289 g/mol. The summed E-state index contributed by atoms with van der Waals surface area (Å²) in [6.45, 7) is 8.87. The first kappa shape index (κ1) is 16.7. The molecule has 0 aliphatic carbocycles. The SMILES string of the molecule is CC(C(=O)N1CCCCC1)N1CCC(C)(CN)C1.Cl. The molecule has 2 aliphatic heterocycles. The molecule has 112 valence electrons. The Kier molecular flexibility index (Phi) is 6.09. The second-order valence-electron chi connectivity index (χ2n) is 6.30. The van der Waals surface area contributed by atoms with Crippen molar-refractivity contribution in [3.05, 3.63) is 0 Å². The van der Waals surface area contributed by atoms with Gasteiger partial charge in [0.15, 0.2) is 0 Å². The van der Waals surface area contributed by atoms with E-state index in [1.54, 1.807) is 0 Å². The molecule has 2 aliphatic rings. The standard InChI is InChI=1S/C14H27N3O.ClH/c1-12(13(18)16-7-4-3-5-8-16)17-9-6-14(2,10-15)11-17;/h12H,3-11,15H2,1-2H3;1H. The quantitative estimate of drug-likeness (QED) is 0.856. The lowest BCUT2D eigenvalue weighted by Gasteiger charge is -2.33. The lowest BCUT2D eigenvalue weighted by molar-refractivity contribution is -0.137. The first-order valence-corrected chi connectivity index (χ1v) is 7.29. The topological polar surface area (TPSA) is 49.6 Å². The third kappa shape index (κ3) is 3.83. The number of likely N-dealkylation sites (tertiary alicyclic amines) is 2. The van der Waals surface area contributed by atoms with Gasteiger partial charge in [-0.1, -0.05) is 6.92 Å². The molecular weight excluding hydrogens is 262 g/mol. The molecule has 2 saturated heterocycles. The fourth-order valence-corrected chi connectivity index (χ4v) is 3.09. The van der Waals surface area contributed by atoms with E-state index in [4.69, 9.17) is 5.73 Å². The first-order chi connectivity index (χ1) is 8.56. The van der Waals surface area contributed by atoms with Gasteiger partial charge in [-0.15, -0.1) is 12.4 Å². The van der Waals surface area contributed by atoms with Gasteiger partial charge < -0.3 is 10.6 Å². The summed E-state index contributed by atoms with van der Waals surface area (Å²) in [6.07, 6.45) is 4.71. The van der Waals surface area contributed by atoms with E-state index in [2.05, 4.69) is 18.7 Å². The number of carbonyl (C=O) groups is 1. The fourth-order valence-electron chi connectivity index (χ4n) is 3.09. The molecule has 0 aromatic carbocycles. The van der Waals surface area contributed by atoms with E-state index in [1.165, 1.54) is 19.3 Å². The third-order valence-corrected chi connectivity index (χ3v) is 4.65. The normalized spacial score (nSPS) is 29.9. The van der Waals surface area contributed by atoms with E-state index >= 15 is 0 Å². The largest absolute Gasteiger partial charge is 0.341 e. The summed E-state index contributed by atoms with van der Waals surface area (Å²) in [5.74, 6) is 0.316. The minimum Gasteiger partial charge on any atom is -0.341 e. The van der Waals surface area contributed by atoms with Crippen molar-refractivity contribution >= 4 is 18.3 Å². The molecule has 1 amide bonds. The van der Waals surface area contributed by atoms with Gasteiger partial charge in [-0.3, -0.25) is 9.69 Å². The van der Waals surface area contributed by atoms with Crippen LogP contribution in [0.4, 0.5) is 0 Å². The second-order valence-corrected chi connectivity index (χ2v) is 6.30. The van der Waals surface area contributed by atoms with Crippen LogP contribution in [0.15, 0.2) is 0 Å². The number of hydrogen-bond donors (Lipinski definition) is 1. The first-order valence-electron chi connectivity index (χ1n) is 7.29. The molecule has 2 unspecified atom stereocenters. The average molecular weight is 290 g/mol. The number of piperidine rings is 1. The summed E-state index contributed by atoms with van der Waals surface area (Å²) in [7, 11) is 0. The van der Waals surface area contributed by atoms with E-state index in [-0.39, 0.29) is 23.9 Å². The van der Waals surface area contributed by atoms with Crippen LogP contribution in [0.1, 0.15) is 39.5 Å². The van der Waals surface area contributed by atoms with Crippen molar-refractivity contribution in [3.63, 3.8) is 0 Å². The molecule has 2 rings (SSSR count). The average Bonchev–Trinajstić information content (AvgIpc) is 2.81. The van der Waals surface area contributed by atoms with Crippen molar-refractivity contribution < 1.29 is 4.79 Å². The van der Waals surface area contributed by atoms with Gasteiger partial charge in [0, 0.05) is 19.6 Å². The molecule has 2 atom stereocenters. The Bertz CT molecular complexity index is 307. The van der Waals surface area contributed by atoms with E-state index in [0.29, 0.717) is 12.5 Å². The van der Waals surface area contributed by atoms with Crippen molar-refractivity contribution in [1.82, 2.24) is 9.80 Å². The summed E-state index contributed by atoms with van der Waals surface area (Å²) >= 11 is 0. The van der Waals surface area contributed by atoms with Crippen LogP contribution in [0.2, 0.25) is 0 Å². The van der Waals surface area contributed by atoms with Crippen LogP contribution in [0.25, 0.3) is 0 Å². The zero-order valence-corrected chi connectivity index (χ0v) is 13.0. The minimum atomic E-state index is 0. The summed E-state index contributed by atoms with van der Waals surface area (Å²) in [5.41, 5.74) is 6.03. The van der Waals surface area contributed by atoms with E-state index in [1.807, 2.05) is 4.90 Å².